The van der Waals surface area contributed by atoms with E-state index in [1.807, 2.05) is 52.3 Å². The first-order valence-corrected chi connectivity index (χ1v) is 11.4. The van der Waals surface area contributed by atoms with Crippen LogP contribution in [0.3, 0.4) is 0 Å². The molecule has 6 nitrogen and oxygen atoms in total. The lowest BCUT2D eigenvalue weighted by molar-refractivity contribution is -0.134. The predicted molar refractivity (Wildman–Crippen MR) is 121 cm³/mol. The third-order valence-electron chi connectivity index (χ3n) is 6.81. The molecule has 1 saturated heterocycles. The average molecular weight is 435 g/mol. The maximum Gasteiger partial charge on any atom is 0.253 e. The maximum atomic E-state index is 13.0. The van der Waals surface area contributed by atoms with Gasteiger partial charge in [0.1, 0.15) is 0 Å². The lowest BCUT2D eigenvalue weighted by Crippen LogP contribution is -2.51. The van der Waals surface area contributed by atoms with Crippen molar-refractivity contribution in [3.63, 3.8) is 0 Å². The van der Waals surface area contributed by atoms with Gasteiger partial charge in [-0.1, -0.05) is 39.0 Å². The fourth-order valence-electron chi connectivity index (χ4n) is 4.64. The largest absolute Gasteiger partial charge is 0.454 e. The van der Waals surface area contributed by atoms with E-state index in [-0.39, 0.29) is 35.9 Å². The normalized spacial score (nSPS) is 22.1. The van der Waals surface area contributed by atoms with Crippen LogP contribution in [-0.2, 0) is 10.2 Å². The Labute approximate surface area is 189 Å². The van der Waals surface area contributed by atoms with Gasteiger partial charge in [0.2, 0.25) is 12.7 Å². The molecule has 0 bridgehead atoms. The standard InChI is InChI=1S/C26H30N2O4/c1-26(2,3)19-7-4-17(5-8-19)24(29)27-10-12-28(13-11-27)25(30)21-15-20(21)18-6-9-22-23(14-18)32-16-31-22/h4-9,14,20-21H,10-13,15-16H2,1-3H3. The minimum atomic E-state index is 0.0302. The summed E-state index contributed by atoms with van der Waals surface area (Å²) in [6, 6.07) is 13.9. The molecule has 2 aromatic rings. The molecule has 168 valence electrons. The Morgan fingerprint density at radius 1 is 0.875 bits per heavy atom. The molecule has 0 spiro atoms. The number of piperazine rings is 1. The van der Waals surface area contributed by atoms with Crippen LogP contribution in [0, 0.1) is 5.92 Å². The van der Waals surface area contributed by atoms with E-state index in [2.05, 4.69) is 20.8 Å². The van der Waals surface area contributed by atoms with Crippen molar-refractivity contribution in [3.05, 3.63) is 59.2 Å². The van der Waals surface area contributed by atoms with Gasteiger partial charge in [0.05, 0.1) is 0 Å². The van der Waals surface area contributed by atoms with E-state index in [1.165, 1.54) is 5.56 Å². The SMILES string of the molecule is CC(C)(C)c1ccc(C(=O)N2CCN(C(=O)C3CC3c3ccc4c(c3)OCO4)CC2)cc1. The summed E-state index contributed by atoms with van der Waals surface area (Å²) < 4.78 is 10.8. The third-order valence-corrected chi connectivity index (χ3v) is 6.81. The van der Waals surface area contributed by atoms with Gasteiger partial charge in [-0.3, -0.25) is 9.59 Å². The van der Waals surface area contributed by atoms with Crippen molar-refractivity contribution in [2.24, 2.45) is 5.92 Å². The van der Waals surface area contributed by atoms with Crippen LogP contribution in [0.2, 0.25) is 0 Å². The third kappa shape index (κ3) is 3.94. The van der Waals surface area contributed by atoms with Gasteiger partial charge in [0.15, 0.2) is 11.5 Å². The highest BCUT2D eigenvalue weighted by Crippen LogP contribution is 2.50. The van der Waals surface area contributed by atoms with Gasteiger partial charge < -0.3 is 19.3 Å². The first-order chi connectivity index (χ1) is 15.3. The fraction of sp³-hybridized carbons (Fsp3) is 0.462. The number of nitrogens with zero attached hydrogens (tertiary/aromatic N) is 2. The van der Waals surface area contributed by atoms with Crippen LogP contribution in [0.4, 0.5) is 0 Å². The second kappa shape index (κ2) is 7.84. The van der Waals surface area contributed by atoms with E-state index in [0.717, 1.165) is 23.5 Å². The number of carbonyl (C=O) groups excluding carboxylic acids is 2. The van der Waals surface area contributed by atoms with E-state index in [9.17, 15) is 9.59 Å². The highest BCUT2D eigenvalue weighted by atomic mass is 16.7. The van der Waals surface area contributed by atoms with Crippen LogP contribution in [0.25, 0.3) is 0 Å². The first-order valence-electron chi connectivity index (χ1n) is 11.4. The molecule has 2 fully saturated rings. The van der Waals surface area contributed by atoms with Crippen molar-refractivity contribution < 1.29 is 19.1 Å². The molecule has 1 saturated carbocycles. The van der Waals surface area contributed by atoms with E-state index < -0.39 is 0 Å². The number of hydrogen-bond acceptors (Lipinski definition) is 4. The Morgan fingerprint density at radius 2 is 1.53 bits per heavy atom. The average Bonchev–Trinajstić information content (AvgIpc) is 3.46. The number of amides is 2. The highest BCUT2D eigenvalue weighted by Gasteiger charge is 2.46. The Balaban J connectivity index is 1.15. The molecule has 2 aromatic carbocycles. The van der Waals surface area contributed by atoms with Crippen molar-refractivity contribution in [1.82, 2.24) is 9.80 Å². The molecule has 0 aromatic heterocycles. The summed E-state index contributed by atoms with van der Waals surface area (Å²) in [7, 11) is 0. The van der Waals surface area contributed by atoms with Crippen LogP contribution in [0.15, 0.2) is 42.5 Å². The van der Waals surface area contributed by atoms with E-state index in [0.29, 0.717) is 31.7 Å². The van der Waals surface area contributed by atoms with Crippen molar-refractivity contribution in [1.29, 1.82) is 0 Å². The molecule has 3 aliphatic rings. The predicted octanol–water partition coefficient (Wildman–Crippen LogP) is 3.80. The number of hydrogen-bond donors (Lipinski definition) is 0. The Hall–Kier alpha value is -3.02. The highest BCUT2D eigenvalue weighted by molar-refractivity contribution is 5.94. The number of rotatable bonds is 3. The van der Waals surface area contributed by atoms with Gasteiger partial charge in [-0.15, -0.1) is 0 Å². The van der Waals surface area contributed by atoms with Crippen molar-refractivity contribution in [3.8, 4) is 11.5 Å². The van der Waals surface area contributed by atoms with Gasteiger partial charge in [-0.05, 0) is 53.1 Å². The quantitative estimate of drug-likeness (QED) is 0.737. The van der Waals surface area contributed by atoms with Crippen LogP contribution in [0.5, 0.6) is 11.5 Å². The monoisotopic (exact) mass is 434 g/mol. The summed E-state index contributed by atoms with van der Waals surface area (Å²) in [4.78, 5) is 29.7. The van der Waals surface area contributed by atoms with Crippen LogP contribution < -0.4 is 9.47 Å². The molecule has 2 amide bonds. The lowest BCUT2D eigenvalue weighted by atomic mass is 9.86. The topological polar surface area (TPSA) is 59.1 Å². The van der Waals surface area contributed by atoms with Gasteiger partial charge in [0, 0.05) is 37.7 Å². The summed E-state index contributed by atoms with van der Waals surface area (Å²) in [5, 5.41) is 0. The first kappa shape index (κ1) is 20.9. The van der Waals surface area contributed by atoms with Gasteiger partial charge >= 0.3 is 0 Å². The summed E-state index contributed by atoms with van der Waals surface area (Å²) in [5.74, 6) is 2.06. The van der Waals surface area contributed by atoms with E-state index >= 15 is 0 Å². The summed E-state index contributed by atoms with van der Waals surface area (Å²) in [6.07, 6.45) is 0.873. The molecule has 2 aliphatic heterocycles. The molecular formula is C26H30N2O4. The number of carbonyl (C=O) groups is 2. The van der Waals surface area contributed by atoms with Crippen molar-refractivity contribution in [2.45, 2.75) is 38.5 Å². The number of fused-ring (bicyclic) bond motifs is 1. The fourth-order valence-corrected chi connectivity index (χ4v) is 4.64. The molecule has 1 aliphatic carbocycles. The van der Waals surface area contributed by atoms with Crippen LogP contribution >= 0.6 is 0 Å². The summed E-state index contributed by atoms with van der Waals surface area (Å²) in [5.41, 5.74) is 3.13. The zero-order valence-electron chi connectivity index (χ0n) is 19.0. The van der Waals surface area contributed by atoms with E-state index in [1.54, 1.807) is 0 Å². The Morgan fingerprint density at radius 3 is 2.22 bits per heavy atom. The van der Waals surface area contributed by atoms with Gasteiger partial charge in [-0.2, -0.15) is 0 Å². The van der Waals surface area contributed by atoms with Gasteiger partial charge in [0.25, 0.3) is 5.91 Å². The minimum Gasteiger partial charge on any atom is -0.454 e. The smallest absolute Gasteiger partial charge is 0.253 e. The summed E-state index contributed by atoms with van der Waals surface area (Å²) >= 11 is 0. The van der Waals surface area contributed by atoms with Crippen molar-refractivity contribution >= 4 is 11.8 Å². The second-order valence-electron chi connectivity index (χ2n) is 10.0. The molecule has 2 unspecified atom stereocenters. The second-order valence-corrected chi connectivity index (χ2v) is 10.0. The molecule has 0 N–H and O–H groups in total. The van der Waals surface area contributed by atoms with Gasteiger partial charge in [-0.25, -0.2) is 0 Å². The van der Waals surface area contributed by atoms with Crippen LogP contribution in [0.1, 0.15) is 54.6 Å². The lowest BCUT2D eigenvalue weighted by Gasteiger charge is -2.35. The van der Waals surface area contributed by atoms with Crippen molar-refractivity contribution in [2.75, 3.05) is 33.0 Å². The Bertz CT molecular complexity index is 1030. The number of benzene rings is 2. The molecule has 2 heterocycles. The summed E-state index contributed by atoms with van der Waals surface area (Å²) in [6.45, 7) is 9.09. The maximum absolute atomic E-state index is 13.0. The molecular weight excluding hydrogens is 404 g/mol. The molecule has 6 heteroatoms. The minimum absolute atomic E-state index is 0.0302. The zero-order valence-corrected chi connectivity index (χ0v) is 19.0. The number of ether oxygens (including phenoxy) is 2. The Kier molecular flexibility index (Phi) is 5.11. The molecule has 32 heavy (non-hydrogen) atoms. The molecule has 5 rings (SSSR count). The molecule has 0 radical (unpaired) electrons. The van der Waals surface area contributed by atoms with E-state index in [4.69, 9.17) is 9.47 Å². The molecule has 2 atom stereocenters. The van der Waals surface area contributed by atoms with Crippen LogP contribution in [-0.4, -0.2) is 54.6 Å². The zero-order chi connectivity index (χ0) is 22.5.